The van der Waals surface area contributed by atoms with Gasteiger partial charge in [-0.3, -0.25) is 4.79 Å². The SMILES string of the molecule is COCC(Br)CN(C)C(=O)CC1(OC)CCC1. The molecule has 0 heterocycles. The topological polar surface area (TPSA) is 38.8 Å². The van der Waals surface area contributed by atoms with Gasteiger partial charge in [-0.05, 0) is 19.3 Å². The van der Waals surface area contributed by atoms with E-state index in [1.165, 1.54) is 0 Å². The molecule has 1 saturated carbocycles. The van der Waals surface area contributed by atoms with Crippen LogP contribution in [0.15, 0.2) is 0 Å². The van der Waals surface area contributed by atoms with E-state index in [-0.39, 0.29) is 16.3 Å². The van der Waals surface area contributed by atoms with Crippen molar-refractivity contribution >= 4 is 21.8 Å². The van der Waals surface area contributed by atoms with Crippen molar-refractivity contribution in [3.8, 4) is 0 Å². The second kappa shape index (κ2) is 6.71. The highest BCUT2D eigenvalue weighted by Gasteiger charge is 2.39. The monoisotopic (exact) mass is 307 g/mol. The van der Waals surface area contributed by atoms with Gasteiger partial charge in [0.15, 0.2) is 0 Å². The summed E-state index contributed by atoms with van der Waals surface area (Å²) in [5.41, 5.74) is -0.186. The van der Waals surface area contributed by atoms with Crippen LogP contribution in [-0.4, -0.2) is 55.7 Å². The summed E-state index contributed by atoms with van der Waals surface area (Å²) >= 11 is 3.48. The number of nitrogens with zero attached hydrogens (tertiary/aromatic N) is 1. The van der Waals surface area contributed by atoms with E-state index in [9.17, 15) is 4.79 Å². The van der Waals surface area contributed by atoms with Crippen LogP contribution in [0.25, 0.3) is 0 Å². The van der Waals surface area contributed by atoms with Crippen molar-refractivity contribution in [1.29, 1.82) is 0 Å². The fourth-order valence-electron chi connectivity index (χ4n) is 2.07. The molecule has 0 aromatic carbocycles. The number of hydrogen-bond acceptors (Lipinski definition) is 3. The van der Waals surface area contributed by atoms with Gasteiger partial charge in [-0.1, -0.05) is 15.9 Å². The first-order chi connectivity index (χ1) is 8.03. The predicted molar refractivity (Wildman–Crippen MR) is 70.4 cm³/mol. The lowest BCUT2D eigenvalue weighted by molar-refractivity contribution is -0.142. The predicted octanol–water partition coefficient (Wildman–Crippen LogP) is 1.81. The number of methoxy groups -OCH3 is 2. The Balaban J connectivity index is 2.36. The molecule has 0 radical (unpaired) electrons. The van der Waals surface area contributed by atoms with Crippen molar-refractivity contribution in [3.05, 3.63) is 0 Å². The molecule has 0 spiro atoms. The highest BCUT2D eigenvalue weighted by atomic mass is 79.9. The molecule has 0 aliphatic heterocycles. The summed E-state index contributed by atoms with van der Waals surface area (Å²) in [6, 6.07) is 0. The molecule has 100 valence electrons. The molecule has 1 atom stereocenters. The maximum Gasteiger partial charge on any atom is 0.225 e. The average molecular weight is 308 g/mol. The third kappa shape index (κ3) is 4.23. The lowest BCUT2D eigenvalue weighted by atomic mass is 9.77. The molecule has 17 heavy (non-hydrogen) atoms. The Labute approximate surface area is 112 Å². The fraction of sp³-hybridized carbons (Fsp3) is 0.917. The summed E-state index contributed by atoms with van der Waals surface area (Å²) in [5, 5.41) is 0. The Bertz CT molecular complexity index is 251. The Kier molecular flexibility index (Phi) is 5.89. The summed E-state index contributed by atoms with van der Waals surface area (Å²) in [6.07, 6.45) is 3.65. The Morgan fingerprint density at radius 2 is 2.12 bits per heavy atom. The van der Waals surface area contributed by atoms with Gasteiger partial charge in [0.25, 0.3) is 0 Å². The van der Waals surface area contributed by atoms with E-state index >= 15 is 0 Å². The first-order valence-corrected chi connectivity index (χ1v) is 6.87. The van der Waals surface area contributed by atoms with Gasteiger partial charge in [0.1, 0.15) is 0 Å². The molecule has 1 rings (SSSR count). The van der Waals surface area contributed by atoms with Crippen molar-refractivity contribution < 1.29 is 14.3 Å². The van der Waals surface area contributed by atoms with Crippen LogP contribution in [-0.2, 0) is 14.3 Å². The zero-order valence-electron chi connectivity index (χ0n) is 10.9. The minimum Gasteiger partial charge on any atom is -0.383 e. The Morgan fingerprint density at radius 1 is 1.47 bits per heavy atom. The van der Waals surface area contributed by atoms with Crippen molar-refractivity contribution in [3.63, 3.8) is 0 Å². The average Bonchev–Trinajstić information content (AvgIpc) is 2.23. The molecule has 0 aromatic rings. The smallest absolute Gasteiger partial charge is 0.225 e. The molecular weight excluding hydrogens is 286 g/mol. The first-order valence-electron chi connectivity index (χ1n) is 5.95. The minimum atomic E-state index is -0.186. The molecule has 0 aromatic heterocycles. The summed E-state index contributed by atoms with van der Waals surface area (Å²) in [7, 11) is 5.18. The van der Waals surface area contributed by atoms with Crippen LogP contribution < -0.4 is 0 Å². The van der Waals surface area contributed by atoms with Crippen LogP contribution in [0.3, 0.4) is 0 Å². The van der Waals surface area contributed by atoms with E-state index in [2.05, 4.69) is 15.9 Å². The quantitative estimate of drug-likeness (QED) is 0.673. The molecule has 1 aliphatic rings. The highest BCUT2D eigenvalue weighted by molar-refractivity contribution is 9.09. The van der Waals surface area contributed by atoms with Crippen molar-refractivity contribution in [1.82, 2.24) is 4.90 Å². The van der Waals surface area contributed by atoms with Gasteiger partial charge < -0.3 is 14.4 Å². The van der Waals surface area contributed by atoms with Crippen LogP contribution in [0.1, 0.15) is 25.7 Å². The van der Waals surface area contributed by atoms with Crippen LogP contribution in [0.4, 0.5) is 0 Å². The van der Waals surface area contributed by atoms with Crippen LogP contribution in [0, 0.1) is 0 Å². The van der Waals surface area contributed by atoms with E-state index in [0.29, 0.717) is 19.6 Å². The maximum atomic E-state index is 12.0. The molecule has 1 amide bonds. The van der Waals surface area contributed by atoms with Gasteiger partial charge in [-0.25, -0.2) is 0 Å². The number of ether oxygens (including phenoxy) is 2. The molecular formula is C12H22BrNO3. The van der Waals surface area contributed by atoms with Crippen molar-refractivity contribution in [2.24, 2.45) is 0 Å². The number of carbonyl (C=O) groups excluding carboxylic acids is 1. The molecule has 0 bridgehead atoms. The standard InChI is InChI=1S/C12H22BrNO3/c1-14(8-10(13)9-16-2)11(15)7-12(17-3)5-4-6-12/h10H,4-9H2,1-3H3. The van der Waals surface area contributed by atoms with Crippen LogP contribution in [0.5, 0.6) is 0 Å². The van der Waals surface area contributed by atoms with E-state index < -0.39 is 0 Å². The molecule has 0 saturated heterocycles. The van der Waals surface area contributed by atoms with Gasteiger partial charge in [-0.15, -0.1) is 0 Å². The van der Waals surface area contributed by atoms with Gasteiger partial charge in [-0.2, -0.15) is 0 Å². The normalized spacial score (nSPS) is 19.5. The molecule has 0 N–H and O–H groups in total. The largest absolute Gasteiger partial charge is 0.383 e. The third-order valence-electron chi connectivity index (χ3n) is 3.42. The van der Waals surface area contributed by atoms with Gasteiger partial charge in [0, 0.05) is 27.8 Å². The van der Waals surface area contributed by atoms with Gasteiger partial charge >= 0.3 is 0 Å². The molecule has 4 nitrogen and oxygen atoms in total. The minimum absolute atomic E-state index is 0.145. The summed E-state index contributed by atoms with van der Waals surface area (Å²) in [5.74, 6) is 0.145. The number of halogens is 1. The zero-order valence-corrected chi connectivity index (χ0v) is 12.5. The lowest BCUT2D eigenvalue weighted by Gasteiger charge is -2.40. The van der Waals surface area contributed by atoms with Crippen LogP contribution >= 0.6 is 15.9 Å². The van der Waals surface area contributed by atoms with E-state index in [4.69, 9.17) is 9.47 Å². The van der Waals surface area contributed by atoms with Crippen LogP contribution in [0.2, 0.25) is 0 Å². The number of carbonyl (C=O) groups is 1. The summed E-state index contributed by atoms with van der Waals surface area (Å²) < 4.78 is 10.5. The zero-order chi connectivity index (χ0) is 12.9. The van der Waals surface area contributed by atoms with E-state index in [0.717, 1.165) is 19.3 Å². The Morgan fingerprint density at radius 3 is 2.53 bits per heavy atom. The highest BCUT2D eigenvalue weighted by Crippen LogP contribution is 2.38. The molecule has 1 aliphatic carbocycles. The lowest BCUT2D eigenvalue weighted by Crippen LogP contribution is -2.45. The molecule has 5 heteroatoms. The molecule has 1 fully saturated rings. The number of rotatable bonds is 7. The fourth-order valence-corrected chi connectivity index (χ4v) is 2.77. The van der Waals surface area contributed by atoms with Gasteiger partial charge in [0.2, 0.25) is 5.91 Å². The van der Waals surface area contributed by atoms with Gasteiger partial charge in [0.05, 0.1) is 23.5 Å². The number of amides is 1. The Hall–Kier alpha value is -0.130. The number of hydrogen-bond donors (Lipinski definition) is 0. The molecule has 1 unspecified atom stereocenters. The van der Waals surface area contributed by atoms with E-state index in [1.807, 2.05) is 7.05 Å². The maximum absolute atomic E-state index is 12.0. The van der Waals surface area contributed by atoms with Crippen molar-refractivity contribution in [2.75, 3.05) is 34.4 Å². The van der Waals surface area contributed by atoms with Crippen molar-refractivity contribution in [2.45, 2.75) is 36.1 Å². The third-order valence-corrected chi connectivity index (χ3v) is 3.97. The second-order valence-corrected chi connectivity index (χ2v) is 6.04. The van der Waals surface area contributed by atoms with E-state index in [1.54, 1.807) is 19.1 Å². The summed E-state index contributed by atoms with van der Waals surface area (Å²) in [6.45, 7) is 1.26. The summed E-state index contributed by atoms with van der Waals surface area (Å²) in [4.78, 5) is 14.0. The second-order valence-electron chi connectivity index (χ2n) is 4.74. The first kappa shape index (κ1) is 14.9. The number of alkyl halides is 1.